The number of methoxy groups -OCH3 is 5. The molecule has 1 amide bonds. The van der Waals surface area contributed by atoms with Crippen molar-refractivity contribution in [3.8, 4) is 40.2 Å². The molecule has 0 aromatic heterocycles. The maximum absolute atomic E-state index is 12.7. The molecule has 1 atom stereocenters. The third kappa shape index (κ3) is 9.63. The van der Waals surface area contributed by atoms with Crippen molar-refractivity contribution in [3.63, 3.8) is 0 Å². The lowest BCUT2D eigenvalue weighted by Crippen LogP contribution is -2.38. The van der Waals surface area contributed by atoms with E-state index in [1.165, 1.54) is 0 Å². The van der Waals surface area contributed by atoms with Crippen LogP contribution in [0.4, 0.5) is 5.69 Å². The maximum atomic E-state index is 12.7. The van der Waals surface area contributed by atoms with Gasteiger partial charge in [0.05, 0.1) is 54.3 Å². The first kappa shape index (κ1) is 37.7. The van der Waals surface area contributed by atoms with Gasteiger partial charge >= 0.3 is 0 Å². The first-order valence-corrected chi connectivity index (χ1v) is 17.6. The largest absolute Gasteiger partial charge is 0.493 e. The summed E-state index contributed by atoms with van der Waals surface area (Å²) in [7, 11) is 8.08. The zero-order chi connectivity index (χ0) is 36.9. The van der Waals surface area contributed by atoms with E-state index in [4.69, 9.17) is 33.2 Å². The Kier molecular flexibility index (Phi) is 13.5. The van der Waals surface area contributed by atoms with E-state index in [1.54, 1.807) is 35.5 Å². The number of aryl methyl sites for hydroxylation is 1. The van der Waals surface area contributed by atoms with Crippen molar-refractivity contribution in [2.75, 3.05) is 54.1 Å². The lowest BCUT2D eigenvalue weighted by atomic mass is 10.0. The molecule has 0 bridgehead atoms. The number of unbranched alkanes of at least 4 members (excludes halogenated alkanes) is 5. The highest BCUT2D eigenvalue weighted by Crippen LogP contribution is 2.39. The van der Waals surface area contributed by atoms with Crippen LogP contribution in [0.15, 0.2) is 66.7 Å². The number of anilines is 1. The molecule has 0 saturated carbocycles. The van der Waals surface area contributed by atoms with Crippen molar-refractivity contribution in [3.05, 3.63) is 94.5 Å². The molecule has 4 aromatic carbocycles. The number of ether oxygens (including phenoxy) is 7. The molecule has 276 valence electrons. The second-order valence-electron chi connectivity index (χ2n) is 12.5. The quantitative estimate of drug-likeness (QED) is 0.0729. The van der Waals surface area contributed by atoms with Crippen LogP contribution in [-0.4, -0.2) is 54.7 Å². The van der Waals surface area contributed by atoms with Crippen molar-refractivity contribution in [1.82, 2.24) is 5.32 Å². The van der Waals surface area contributed by atoms with E-state index >= 15 is 0 Å². The van der Waals surface area contributed by atoms with E-state index in [-0.39, 0.29) is 12.1 Å². The first-order chi connectivity index (χ1) is 25.4. The monoisotopic (exact) mass is 710 g/mol. The molecule has 0 fully saturated rings. The molecule has 10 nitrogen and oxygen atoms in total. The van der Waals surface area contributed by atoms with E-state index in [2.05, 4.69) is 10.6 Å². The molecule has 0 aliphatic carbocycles. The molecule has 1 aliphatic rings. The lowest BCUT2D eigenvalue weighted by Gasteiger charge is -2.28. The third-order valence-corrected chi connectivity index (χ3v) is 8.91. The first-order valence-electron chi connectivity index (χ1n) is 17.6. The normalized spacial score (nSPS) is 13.5. The van der Waals surface area contributed by atoms with Crippen molar-refractivity contribution < 1.29 is 38.0 Å². The highest BCUT2D eigenvalue weighted by molar-refractivity contribution is 6.01. The molecule has 0 saturated heterocycles. The highest BCUT2D eigenvalue weighted by Gasteiger charge is 2.25. The number of carbonyl (C=O) groups is 1. The zero-order valence-electron chi connectivity index (χ0n) is 31.0. The number of fused-ring (bicyclic) bond motifs is 1. The Balaban J connectivity index is 1.01. The maximum Gasteiger partial charge on any atom is 0.255 e. The second kappa shape index (κ2) is 18.6. The van der Waals surface area contributed by atoms with E-state index in [9.17, 15) is 4.79 Å². The van der Waals surface area contributed by atoms with Crippen LogP contribution < -0.4 is 43.8 Å². The predicted octanol–water partition coefficient (Wildman–Crippen LogP) is 8.86. The smallest absolute Gasteiger partial charge is 0.255 e. The van der Waals surface area contributed by atoms with E-state index < -0.39 is 0 Å². The number of hydrogen-bond acceptors (Lipinski definition) is 9. The zero-order valence-corrected chi connectivity index (χ0v) is 31.0. The Bertz CT molecular complexity index is 1810. The van der Waals surface area contributed by atoms with Crippen LogP contribution in [0.1, 0.15) is 77.3 Å². The standard InChI is InChI=1S/C42H50N2O8/c1-28-13-18-33-32(23-28)42(45)44-41(43-33)31-17-20-35(36(27-31)47-3)51-21-11-9-7-8-10-12-22-52-37-24-29(16-19-34(37)46-2)14-15-30-25-38(48-4)40(50-6)39(26-30)49-5/h13-20,23-27,41,43H,7-12,21-22H2,1-6H3,(H,44,45)/b15-14+. The molecule has 1 heterocycles. The van der Waals surface area contributed by atoms with Gasteiger partial charge in [-0.1, -0.05) is 61.6 Å². The summed E-state index contributed by atoms with van der Waals surface area (Å²) in [5.41, 5.74) is 5.30. The van der Waals surface area contributed by atoms with Gasteiger partial charge in [0, 0.05) is 5.69 Å². The number of amides is 1. The van der Waals surface area contributed by atoms with Gasteiger partial charge in [0.2, 0.25) is 5.75 Å². The Morgan fingerprint density at radius 3 is 1.81 bits per heavy atom. The molecule has 52 heavy (non-hydrogen) atoms. The van der Waals surface area contributed by atoms with Gasteiger partial charge in [0.1, 0.15) is 6.17 Å². The molecule has 2 N–H and O–H groups in total. The van der Waals surface area contributed by atoms with Crippen LogP contribution in [0.3, 0.4) is 0 Å². The minimum Gasteiger partial charge on any atom is -0.493 e. The van der Waals surface area contributed by atoms with Crippen molar-refractivity contribution in [2.24, 2.45) is 0 Å². The Morgan fingerprint density at radius 1 is 0.558 bits per heavy atom. The number of benzene rings is 4. The molecule has 10 heteroatoms. The number of hydrogen-bond donors (Lipinski definition) is 2. The second-order valence-corrected chi connectivity index (χ2v) is 12.5. The molecule has 4 aromatic rings. The van der Waals surface area contributed by atoms with E-state index in [1.807, 2.05) is 85.8 Å². The van der Waals surface area contributed by atoms with Crippen molar-refractivity contribution >= 4 is 23.7 Å². The summed E-state index contributed by atoms with van der Waals surface area (Å²) in [6.07, 6.45) is 9.95. The lowest BCUT2D eigenvalue weighted by molar-refractivity contribution is 0.0935. The molecule has 1 unspecified atom stereocenters. The molecular formula is C42H50N2O8. The summed E-state index contributed by atoms with van der Waals surface area (Å²) >= 11 is 0. The van der Waals surface area contributed by atoms with Gasteiger partial charge in [-0.25, -0.2) is 0 Å². The fourth-order valence-electron chi connectivity index (χ4n) is 6.10. The van der Waals surface area contributed by atoms with Crippen molar-refractivity contribution in [1.29, 1.82) is 0 Å². The van der Waals surface area contributed by atoms with Gasteiger partial charge in [-0.15, -0.1) is 0 Å². The van der Waals surface area contributed by atoms with Crippen molar-refractivity contribution in [2.45, 2.75) is 51.6 Å². The predicted molar refractivity (Wildman–Crippen MR) is 205 cm³/mol. The Hall–Kier alpha value is -5.51. The van der Waals surface area contributed by atoms with Gasteiger partial charge in [-0.05, 0) is 85.0 Å². The van der Waals surface area contributed by atoms with Crippen LogP contribution in [0.25, 0.3) is 12.2 Å². The average molecular weight is 711 g/mol. The minimum absolute atomic E-state index is 0.0984. The topological polar surface area (TPSA) is 106 Å². The highest BCUT2D eigenvalue weighted by atomic mass is 16.5. The van der Waals surface area contributed by atoms with Crippen LogP contribution >= 0.6 is 0 Å². The Labute approximate surface area is 307 Å². The van der Waals surface area contributed by atoms with E-state index in [0.717, 1.165) is 72.2 Å². The summed E-state index contributed by atoms with van der Waals surface area (Å²) in [6.45, 7) is 3.19. The average Bonchev–Trinajstić information content (AvgIpc) is 3.17. The summed E-state index contributed by atoms with van der Waals surface area (Å²) in [6, 6.07) is 21.3. The molecule has 0 spiro atoms. The van der Waals surface area contributed by atoms with Gasteiger partial charge in [-0.2, -0.15) is 0 Å². The number of rotatable bonds is 19. The summed E-state index contributed by atoms with van der Waals surface area (Å²) in [4.78, 5) is 12.7. The third-order valence-electron chi connectivity index (χ3n) is 8.91. The minimum atomic E-state index is -0.355. The van der Waals surface area contributed by atoms with Gasteiger partial charge in [0.25, 0.3) is 5.91 Å². The molecule has 0 radical (unpaired) electrons. The van der Waals surface area contributed by atoms with Crippen LogP contribution in [-0.2, 0) is 0 Å². The molecule has 5 rings (SSSR count). The van der Waals surface area contributed by atoms with Crippen LogP contribution in [0, 0.1) is 6.92 Å². The number of carbonyl (C=O) groups excluding carboxylic acids is 1. The van der Waals surface area contributed by atoms with Gasteiger partial charge in [-0.3, -0.25) is 4.79 Å². The van der Waals surface area contributed by atoms with Gasteiger partial charge < -0.3 is 43.8 Å². The Morgan fingerprint density at radius 2 is 1.15 bits per heavy atom. The molecular weight excluding hydrogens is 660 g/mol. The van der Waals surface area contributed by atoms with Crippen LogP contribution in [0.2, 0.25) is 0 Å². The summed E-state index contributed by atoms with van der Waals surface area (Å²) in [5, 5.41) is 6.44. The van der Waals surface area contributed by atoms with Gasteiger partial charge in [0.15, 0.2) is 34.5 Å². The van der Waals surface area contributed by atoms with Crippen LogP contribution in [0.5, 0.6) is 40.2 Å². The summed E-state index contributed by atoms with van der Waals surface area (Å²) in [5.74, 6) is 4.42. The SMILES string of the molecule is COc1cc(C2NC(=O)c3cc(C)ccc3N2)ccc1OCCCCCCCCOc1cc(/C=C/c2cc(OC)c(OC)c(OC)c2)ccc1OC. The molecule has 1 aliphatic heterocycles. The fraction of sp³-hybridized carbons (Fsp3) is 0.357. The van der Waals surface area contributed by atoms with E-state index in [0.29, 0.717) is 53.3 Å². The summed E-state index contributed by atoms with van der Waals surface area (Å²) < 4.78 is 39.8. The fourth-order valence-corrected chi connectivity index (χ4v) is 6.10. The number of nitrogens with one attached hydrogen (secondary N) is 2.